The number of benzene rings is 1. The molecule has 26 heavy (non-hydrogen) atoms. The summed E-state index contributed by atoms with van der Waals surface area (Å²) in [4.78, 5) is 31.2. The van der Waals surface area contributed by atoms with Gasteiger partial charge in [-0.1, -0.05) is 42.1 Å². The summed E-state index contributed by atoms with van der Waals surface area (Å²) in [6.07, 6.45) is 4.29. The van der Waals surface area contributed by atoms with Crippen molar-refractivity contribution in [3.8, 4) is 0 Å². The minimum Gasteiger partial charge on any atom is -0.337 e. The third kappa shape index (κ3) is 4.54. The number of hydrogen-bond acceptors (Lipinski definition) is 3. The van der Waals surface area contributed by atoms with Gasteiger partial charge in [-0.05, 0) is 43.2 Å². The van der Waals surface area contributed by atoms with Crippen LogP contribution in [0.2, 0.25) is 10.0 Å². The number of hydrogen-bond donors (Lipinski definition) is 1. The van der Waals surface area contributed by atoms with E-state index in [1.807, 2.05) is 4.90 Å². The van der Waals surface area contributed by atoms with Crippen molar-refractivity contribution in [3.05, 3.63) is 57.8 Å². The molecule has 1 saturated heterocycles. The van der Waals surface area contributed by atoms with Crippen LogP contribution in [0.5, 0.6) is 0 Å². The molecule has 3 rings (SSSR count). The molecule has 1 aliphatic heterocycles. The highest BCUT2D eigenvalue weighted by Gasteiger charge is 2.19. The first-order valence-corrected chi connectivity index (χ1v) is 9.33. The number of carbonyl (C=O) groups excluding carboxylic acids is 2. The van der Waals surface area contributed by atoms with Crippen molar-refractivity contribution >= 4 is 40.7 Å². The van der Waals surface area contributed by atoms with Crippen molar-refractivity contribution in [2.24, 2.45) is 0 Å². The molecule has 0 saturated carbocycles. The molecule has 5 nitrogen and oxygen atoms in total. The molecule has 0 bridgehead atoms. The molecule has 2 aromatic rings. The van der Waals surface area contributed by atoms with E-state index in [4.69, 9.17) is 23.2 Å². The fourth-order valence-corrected chi connectivity index (χ4v) is 3.18. The quantitative estimate of drug-likeness (QED) is 0.827. The van der Waals surface area contributed by atoms with Crippen LogP contribution in [-0.4, -0.2) is 34.8 Å². The van der Waals surface area contributed by atoms with Crippen molar-refractivity contribution in [2.45, 2.75) is 25.7 Å². The molecule has 0 spiro atoms. The lowest BCUT2D eigenvalue weighted by Crippen LogP contribution is -2.32. The zero-order valence-electron chi connectivity index (χ0n) is 14.2. The maximum atomic E-state index is 12.7. The minimum absolute atomic E-state index is 0.129. The summed E-state index contributed by atoms with van der Waals surface area (Å²) in [6, 6.07) is 9.70. The van der Waals surface area contributed by atoms with E-state index in [1.165, 1.54) is 0 Å². The summed E-state index contributed by atoms with van der Waals surface area (Å²) in [6.45, 7) is 1.47. The molecule has 2 heterocycles. The number of nitrogens with one attached hydrogen (secondary N) is 1. The van der Waals surface area contributed by atoms with E-state index in [-0.39, 0.29) is 17.3 Å². The van der Waals surface area contributed by atoms with Crippen LogP contribution in [0.25, 0.3) is 0 Å². The zero-order chi connectivity index (χ0) is 18.5. The van der Waals surface area contributed by atoms with Crippen molar-refractivity contribution in [3.63, 3.8) is 0 Å². The third-order valence-corrected chi connectivity index (χ3v) is 5.01. The predicted octanol–water partition coefficient (Wildman–Crippen LogP) is 4.66. The highest BCUT2D eigenvalue weighted by molar-refractivity contribution is 6.42. The molecule has 0 aliphatic carbocycles. The number of amides is 2. The molecule has 136 valence electrons. The Labute approximate surface area is 162 Å². The number of likely N-dealkylation sites (tertiary alicyclic amines) is 1. The summed E-state index contributed by atoms with van der Waals surface area (Å²) in [5.74, 6) is -0.537. The van der Waals surface area contributed by atoms with E-state index >= 15 is 0 Å². The van der Waals surface area contributed by atoms with Crippen LogP contribution in [0, 0.1) is 0 Å². The molecule has 2 amide bonds. The van der Waals surface area contributed by atoms with Gasteiger partial charge in [0, 0.05) is 18.8 Å². The summed E-state index contributed by atoms with van der Waals surface area (Å²) in [5.41, 5.74) is 0.973. The molecule has 0 unspecified atom stereocenters. The van der Waals surface area contributed by atoms with E-state index < -0.39 is 5.91 Å². The topological polar surface area (TPSA) is 62.3 Å². The van der Waals surface area contributed by atoms with Crippen LogP contribution in [0.1, 0.15) is 46.7 Å². The van der Waals surface area contributed by atoms with Gasteiger partial charge in [-0.3, -0.25) is 9.59 Å². The fourth-order valence-electron chi connectivity index (χ4n) is 2.89. The molecular formula is C19H19Cl2N3O2. The standard InChI is InChI=1S/C19H19Cl2N3O2/c20-14-9-8-13(12-15(14)21)22-18(25)16-6-5-7-17(23-16)19(26)24-10-3-1-2-4-11-24/h5-9,12H,1-4,10-11H2,(H,22,25). The average Bonchev–Trinajstić information content (AvgIpc) is 2.93. The van der Waals surface area contributed by atoms with E-state index in [1.54, 1.807) is 36.4 Å². The smallest absolute Gasteiger partial charge is 0.274 e. The van der Waals surface area contributed by atoms with Gasteiger partial charge in [0.2, 0.25) is 0 Å². The Bertz CT molecular complexity index is 818. The van der Waals surface area contributed by atoms with E-state index in [9.17, 15) is 9.59 Å². The van der Waals surface area contributed by atoms with Gasteiger partial charge in [-0.15, -0.1) is 0 Å². The normalized spacial score (nSPS) is 14.6. The number of rotatable bonds is 3. The second-order valence-electron chi connectivity index (χ2n) is 6.20. The molecular weight excluding hydrogens is 373 g/mol. The van der Waals surface area contributed by atoms with Crippen LogP contribution < -0.4 is 5.32 Å². The Hall–Kier alpha value is -2.11. The number of nitrogens with zero attached hydrogens (tertiary/aromatic N) is 2. The fraction of sp³-hybridized carbons (Fsp3) is 0.316. The SMILES string of the molecule is O=C(Nc1ccc(Cl)c(Cl)c1)c1cccc(C(=O)N2CCCCCC2)n1. The van der Waals surface area contributed by atoms with Crippen LogP contribution in [0.4, 0.5) is 5.69 Å². The Morgan fingerprint density at radius 2 is 1.62 bits per heavy atom. The van der Waals surface area contributed by atoms with Crippen molar-refractivity contribution < 1.29 is 9.59 Å². The molecule has 1 N–H and O–H groups in total. The van der Waals surface area contributed by atoms with Gasteiger partial charge in [0.25, 0.3) is 11.8 Å². The summed E-state index contributed by atoms with van der Waals surface area (Å²) < 4.78 is 0. The molecule has 1 aliphatic rings. The zero-order valence-corrected chi connectivity index (χ0v) is 15.7. The third-order valence-electron chi connectivity index (χ3n) is 4.27. The molecule has 0 radical (unpaired) electrons. The summed E-state index contributed by atoms with van der Waals surface area (Å²) in [5, 5.41) is 3.47. The summed E-state index contributed by atoms with van der Waals surface area (Å²) >= 11 is 11.8. The highest BCUT2D eigenvalue weighted by atomic mass is 35.5. The second kappa shape index (κ2) is 8.52. The number of anilines is 1. The first-order chi connectivity index (χ1) is 12.5. The van der Waals surface area contributed by atoms with Crippen molar-refractivity contribution in [2.75, 3.05) is 18.4 Å². The highest BCUT2D eigenvalue weighted by Crippen LogP contribution is 2.25. The molecule has 1 aromatic carbocycles. The van der Waals surface area contributed by atoms with Gasteiger partial charge in [0.1, 0.15) is 11.4 Å². The maximum absolute atomic E-state index is 12.7. The Balaban J connectivity index is 1.74. The first-order valence-electron chi connectivity index (χ1n) is 8.57. The molecule has 0 atom stereocenters. The maximum Gasteiger partial charge on any atom is 0.274 e. The average molecular weight is 392 g/mol. The Morgan fingerprint density at radius 1 is 0.923 bits per heavy atom. The largest absolute Gasteiger partial charge is 0.337 e. The number of pyridine rings is 1. The Kier molecular flexibility index (Phi) is 6.12. The number of halogens is 2. The van der Waals surface area contributed by atoms with Crippen molar-refractivity contribution in [1.29, 1.82) is 0 Å². The minimum atomic E-state index is -0.408. The van der Waals surface area contributed by atoms with Crippen LogP contribution in [0.3, 0.4) is 0 Å². The monoisotopic (exact) mass is 391 g/mol. The lowest BCUT2D eigenvalue weighted by atomic mass is 10.2. The van der Waals surface area contributed by atoms with E-state index in [2.05, 4.69) is 10.3 Å². The predicted molar refractivity (Wildman–Crippen MR) is 103 cm³/mol. The van der Waals surface area contributed by atoms with Crippen LogP contribution in [0.15, 0.2) is 36.4 Å². The second-order valence-corrected chi connectivity index (χ2v) is 7.01. The van der Waals surface area contributed by atoms with Gasteiger partial charge in [-0.25, -0.2) is 4.98 Å². The van der Waals surface area contributed by atoms with Gasteiger partial charge >= 0.3 is 0 Å². The lowest BCUT2D eigenvalue weighted by molar-refractivity contribution is 0.0755. The van der Waals surface area contributed by atoms with Crippen LogP contribution in [-0.2, 0) is 0 Å². The lowest BCUT2D eigenvalue weighted by Gasteiger charge is -2.19. The van der Waals surface area contributed by atoms with Gasteiger partial charge in [0.15, 0.2) is 0 Å². The first kappa shape index (κ1) is 18.7. The van der Waals surface area contributed by atoms with E-state index in [0.717, 1.165) is 38.8 Å². The van der Waals surface area contributed by atoms with Gasteiger partial charge in [0.05, 0.1) is 10.0 Å². The number of carbonyl (C=O) groups is 2. The van der Waals surface area contributed by atoms with Gasteiger partial charge in [-0.2, -0.15) is 0 Å². The Morgan fingerprint density at radius 3 is 2.31 bits per heavy atom. The van der Waals surface area contributed by atoms with E-state index in [0.29, 0.717) is 15.7 Å². The van der Waals surface area contributed by atoms with Crippen LogP contribution >= 0.6 is 23.2 Å². The molecule has 7 heteroatoms. The number of aromatic nitrogens is 1. The summed E-state index contributed by atoms with van der Waals surface area (Å²) in [7, 11) is 0. The van der Waals surface area contributed by atoms with Crippen molar-refractivity contribution in [1.82, 2.24) is 9.88 Å². The van der Waals surface area contributed by atoms with Gasteiger partial charge < -0.3 is 10.2 Å². The molecule has 1 fully saturated rings. The molecule has 1 aromatic heterocycles.